The summed E-state index contributed by atoms with van der Waals surface area (Å²) in [6, 6.07) is 8.16. The van der Waals surface area contributed by atoms with Gasteiger partial charge in [-0.3, -0.25) is 0 Å². The van der Waals surface area contributed by atoms with Crippen molar-refractivity contribution < 1.29 is 9.53 Å². The third kappa shape index (κ3) is 1.87. The second-order valence-corrected chi connectivity index (χ2v) is 3.54. The van der Waals surface area contributed by atoms with Crippen LogP contribution >= 0.6 is 0 Å². The van der Waals surface area contributed by atoms with Crippen LogP contribution in [0.15, 0.2) is 24.3 Å². The van der Waals surface area contributed by atoms with Gasteiger partial charge in [-0.1, -0.05) is 24.3 Å². The molecule has 0 radical (unpaired) electrons. The molecular weight excluding hydrogens is 178 g/mol. The quantitative estimate of drug-likeness (QED) is 0.771. The molecule has 0 unspecified atom stereocenters. The maximum absolute atomic E-state index is 10.8. The number of aryl methyl sites for hydroxylation is 1. The summed E-state index contributed by atoms with van der Waals surface area (Å²) < 4.78 is 5.07. The minimum Gasteiger partial charge on any atom is -0.444 e. The molecule has 3 heteroatoms. The van der Waals surface area contributed by atoms with E-state index in [1.54, 1.807) is 0 Å². The molecule has 14 heavy (non-hydrogen) atoms. The third-order valence-corrected chi connectivity index (χ3v) is 2.46. The van der Waals surface area contributed by atoms with Crippen LogP contribution in [-0.2, 0) is 11.2 Å². The molecule has 1 atom stereocenters. The Bertz CT molecular complexity index is 349. The van der Waals surface area contributed by atoms with Gasteiger partial charge in [0.2, 0.25) is 0 Å². The lowest BCUT2D eigenvalue weighted by Crippen LogP contribution is -2.17. The maximum Gasteiger partial charge on any atom is 0.407 e. The van der Waals surface area contributed by atoms with Crippen LogP contribution < -0.4 is 5.32 Å². The van der Waals surface area contributed by atoms with E-state index in [1.165, 1.54) is 11.1 Å². The molecule has 1 aromatic carbocycles. The maximum atomic E-state index is 10.8. The van der Waals surface area contributed by atoms with E-state index in [1.807, 2.05) is 12.1 Å². The highest BCUT2D eigenvalue weighted by Crippen LogP contribution is 2.13. The van der Waals surface area contributed by atoms with E-state index in [4.69, 9.17) is 4.74 Å². The standard InChI is InChI=1S/C11H13NO2/c1-8-4-2-3-5-9(8)6-10-7-12-11(13)14-10/h2-5,10H,6-7H2,1H3,(H,12,13)/t10-/m0/s1. The van der Waals surface area contributed by atoms with Crippen molar-refractivity contribution in [3.05, 3.63) is 35.4 Å². The minimum absolute atomic E-state index is 0.0106. The Hall–Kier alpha value is -1.51. The van der Waals surface area contributed by atoms with Gasteiger partial charge in [0.15, 0.2) is 0 Å². The summed E-state index contributed by atoms with van der Waals surface area (Å²) in [4.78, 5) is 10.8. The van der Waals surface area contributed by atoms with Gasteiger partial charge in [-0.25, -0.2) is 4.79 Å². The lowest BCUT2D eigenvalue weighted by Gasteiger charge is -2.09. The van der Waals surface area contributed by atoms with E-state index < -0.39 is 0 Å². The summed E-state index contributed by atoms with van der Waals surface area (Å²) in [7, 11) is 0. The van der Waals surface area contributed by atoms with Crippen molar-refractivity contribution in [1.82, 2.24) is 5.32 Å². The third-order valence-electron chi connectivity index (χ3n) is 2.46. The molecule has 3 nitrogen and oxygen atoms in total. The molecule has 1 aliphatic heterocycles. The van der Waals surface area contributed by atoms with Crippen LogP contribution in [0.3, 0.4) is 0 Å². The highest BCUT2D eigenvalue weighted by atomic mass is 16.6. The van der Waals surface area contributed by atoms with Gasteiger partial charge in [0.25, 0.3) is 0 Å². The van der Waals surface area contributed by atoms with Gasteiger partial charge in [-0.2, -0.15) is 0 Å². The second kappa shape index (κ2) is 3.70. The van der Waals surface area contributed by atoms with Gasteiger partial charge in [0.05, 0.1) is 6.54 Å². The fourth-order valence-electron chi connectivity index (χ4n) is 1.63. The number of hydrogen-bond acceptors (Lipinski definition) is 2. The largest absolute Gasteiger partial charge is 0.444 e. The highest BCUT2D eigenvalue weighted by molar-refractivity contribution is 5.69. The van der Waals surface area contributed by atoms with E-state index in [2.05, 4.69) is 24.4 Å². The number of carbonyl (C=O) groups excluding carboxylic acids is 1. The number of cyclic esters (lactones) is 1. The molecule has 1 saturated heterocycles. The first-order valence-electron chi connectivity index (χ1n) is 4.74. The average molecular weight is 191 g/mol. The Balaban J connectivity index is 2.04. The predicted octanol–water partition coefficient (Wildman–Crippen LogP) is 1.65. The number of alkyl carbamates (subject to hydrolysis) is 1. The number of nitrogens with one attached hydrogen (secondary N) is 1. The molecule has 1 aromatic rings. The van der Waals surface area contributed by atoms with Gasteiger partial charge in [0.1, 0.15) is 6.10 Å². The van der Waals surface area contributed by atoms with Crippen LogP contribution in [0.5, 0.6) is 0 Å². The fraction of sp³-hybridized carbons (Fsp3) is 0.364. The Morgan fingerprint density at radius 1 is 1.50 bits per heavy atom. The molecule has 0 saturated carbocycles. The SMILES string of the molecule is Cc1ccccc1C[C@H]1CNC(=O)O1. The summed E-state index contributed by atoms with van der Waals surface area (Å²) in [5.74, 6) is 0. The fourth-order valence-corrected chi connectivity index (χ4v) is 1.63. The molecule has 74 valence electrons. The van der Waals surface area contributed by atoms with Crippen molar-refractivity contribution >= 4 is 6.09 Å². The molecule has 0 bridgehead atoms. The highest BCUT2D eigenvalue weighted by Gasteiger charge is 2.22. The van der Waals surface area contributed by atoms with Gasteiger partial charge >= 0.3 is 6.09 Å². The molecule has 2 rings (SSSR count). The van der Waals surface area contributed by atoms with Crippen molar-refractivity contribution in [3.8, 4) is 0 Å². The van der Waals surface area contributed by atoms with Crippen LogP contribution in [0.1, 0.15) is 11.1 Å². The molecular formula is C11H13NO2. The first-order chi connectivity index (χ1) is 6.75. The number of rotatable bonds is 2. The van der Waals surface area contributed by atoms with Crippen molar-refractivity contribution in [1.29, 1.82) is 0 Å². The average Bonchev–Trinajstić information content (AvgIpc) is 2.56. The summed E-state index contributed by atoms with van der Waals surface area (Å²) >= 11 is 0. The van der Waals surface area contributed by atoms with Gasteiger partial charge in [-0.05, 0) is 18.1 Å². The topological polar surface area (TPSA) is 38.3 Å². The zero-order chi connectivity index (χ0) is 9.97. The van der Waals surface area contributed by atoms with Crippen LogP contribution in [0.25, 0.3) is 0 Å². The Morgan fingerprint density at radius 2 is 2.29 bits per heavy atom. The lowest BCUT2D eigenvalue weighted by molar-refractivity contribution is 0.140. The minimum atomic E-state index is -0.302. The smallest absolute Gasteiger partial charge is 0.407 e. The molecule has 1 fully saturated rings. The van der Waals surface area contributed by atoms with Crippen LogP contribution in [0, 0.1) is 6.92 Å². The first kappa shape index (κ1) is 9.06. The number of hydrogen-bond donors (Lipinski definition) is 1. The van der Waals surface area contributed by atoms with Crippen molar-refractivity contribution in [2.75, 3.05) is 6.54 Å². The molecule has 1 aliphatic rings. The monoisotopic (exact) mass is 191 g/mol. The number of carbonyl (C=O) groups is 1. The molecule has 0 aliphatic carbocycles. The van der Waals surface area contributed by atoms with Crippen LogP contribution in [0.2, 0.25) is 0 Å². The second-order valence-electron chi connectivity index (χ2n) is 3.54. The van der Waals surface area contributed by atoms with E-state index in [9.17, 15) is 4.79 Å². The Kier molecular flexibility index (Phi) is 2.39. The number of amides is 1. The summed E-state index contributed by atoms with van der Waals surface area (Å²) in [5.41, 5.74) is 2.49. The van der Waals surface area contributed by atoms with E-state index >= 15 is 0 Å². The molecule has 0 aromatic heterocycles. The van der Waals surface area contributed by atoms with Crippen LogP contribution in [0.4, 0.5) is 4.79 Å². The lowest BCUT2D eigenvalue weighted by atomic mass is 10.0. The molecule has 1 heterocycles. The Labute approximate surface area is 83.1 Å². The van der Waals surface area contributed by atoms with Crippen molar-refractivity contribution in [2.45, 2.75) is 19.4 Å². The first-order valence-corrected chi connectivity index (χ1v) is 4.74. The molecule has 1 N–H and O–H groups in total. The number of benzene rings is 1. The van der Waals surface area contributed by atoms with Gasteiger partial charge in [-0.15, -0.1) is 0 Å². The zero-order valence-corrected chi connectivity index (χ0v) is 8.12. The summed E-state index contributed by atoms with van der Waals surface area (Å²) in [6.45, 7) is 2.69. The molecule has 1 amide bonds. The normalized spacial score (nSPS) is 20.4. The number of ether oxygens (including phenoxy) is 1. The van der Waals surface area contributed by atoms with Crippen molar-refractivity contribution in [2.24, 2.45) is 0 Å². The van der Waals surface area contributed by atoms with Gasteiger partial charge in [0, 0.05) is 6.42 Å². The molecule has 0 spiro atoms. The van der Waals surface area contributed by atoms with Crippen LogP contribution in [-0.4, -0.2) is 18.7 Å². The summed E-state index contributed by atoms with van der Waals surface area (Å²) in [5, 5.41) is 2.65. The zero-order valence-electron chi connectivity index (χ0n) is 8.12. The van der Waals surface area contributed by atoms with E-state index in [0.29, 0.717) is 6.54 Å². The Morgan fingerprint density at radius 3 is 2.93 bits per heavy atom. The predicted molar refractivity (Wildman–Crippen MR) is 53.2 cm³/mol. The van der Waals surface area contributed by atoms with E-state index in [-0.39, 0.29) is 12.2 Å². The summed E-state index contributed by atoms with van der Waals surface area (Å²) in [6.07, 6.45) is 0.484. The van der Waals surface area contributed by atoms with Gasteiger partial charge < -0.3 is 10.1 Å². The van der Waals surface area contributed by atoms with Crippen molar-refractivity contribution in [3.63, 3.8) is 0 Å². The van der Waals surface area contributed by atoms with E-state index in [0.717, 1.165) is 6.42 Å².